The Hall–Kier alpha value is -2.57. The van der Waals surface area contributed by atoms with E-state index in [0.717, 1.165) is 31.5 Å². The molecule has 1 saturated heterocycles. The van der Waals surface area contributed by atoms with Crippen LogP contribution in [0, 0.1) is 17.6 Å². The summed E-state index contributed by atoms with van der Waals surface area (Å²) in [4.78, 5) is 25.1. The molecule has 0 aliphatic carbocycles. The largest absolute Gasteiger partial charge is 0.340 e. The van der Waals surface area contributed by atoms with Gasteiger partial charge >= 0.3 is 0 Å². The number of benzene rings is 1. The molecule has 2 heterocycles. The number of hydrogen-bond donors (Lipinski definition) is 0. The van der Waals surface area contributed by atoms with E-state index in [4.69, 9.17) is 0 Å². The van der Waals surface area contributed by atoms with Crippen LogP contribution in [0.15, 0.2) is 36.7 Å². The van der Waals surface area contributed by atoms with Crippen molar-refractivity contribution in [1.29, 1.82) is 0 Å². The zero-order valence-corrected chi connectivity index (χ0v) is 14.9. The monoisotopic (exact) mass is 360 g/mol. The van der Waals surface area contributed by atoms with E-state index in [1.165, 1.54) is 6.07 Å². The summed E-state index contributed by atoms with van der Waals surface area (Å²) >= 11 is 0. The van der Waals surface area contributed by atoms with Gasteiger partial charge in [0.05, 0.1) is 12.0 Å². The Kier molecular flexibility index (Phi) is 5.44. The van der Waals surface area contributed by atoms with E-state index in [1.807, 2.05) is 11.8 Å². The summed E-state index contributed by atoms with van der Waals surface area (Å²) in [6, 6.07) is 5.16. The highest BCUT2D eigenvalue weighted by atomic mass is 19.2. The van der Waals surface area contributed by atoms with Gasteiger partial charge in [-0.05, 0) is 43.5 Å². The van der Waals surface area contributed by atoms with E-state index in [2.05, 4.69) is 9.97 Å². The van der Waals surface area contributed by atoms with Crippen LogP contribution in [0.25, 0.3) is 0 Å². The van der Waals surface area contributed by atoms with Crippen molar-refractivity contribution < 1.29 is 13.6 Å². The van der Waals surface area contributed by atoms with Crippen LogP contribution in [-0.4, -0.2) is 40.9 Å². The van der Waals surface area contributed by atoms with E-state index < -0.39 is 11.6 Å². The maximum atomic E-state index is 13.5. The molecule has 5 nitrogen and oxygen atoms in total. The van der Waals surface area contributed by atoms with Crippen molar-refractivity contribution in [2.75, 3.05) is 25.0 Å². The molecular weight excluding hydrogens is 338 g/mol. The number of rotatable bonds is 4. The Morgan fingerprint density at radius 1 is 1.27 bits per heavy atom. The minimum absolute atomic E-state index is 0.0112. The second kappa shape index (κ2) is 7.76. The summed E-state index contributed by atoms with van der Waals surface area (Å²) in [5, 5.41) is 0. The molecule has 26 heavy (non-hydrogen) atoms. The van der Waals surface area contributed by atoms with E-state index in [0.29, 0.717) is 18.1 Å². The SMILES string of the molecule is CC(c1ccc(F)c(F)c1)N(C)C(=O)C1CCCN(c2ncccn2)C1. The predicted molar refractivity (Wildman–Crippen MR) is 94.5 cm³/mol. The molecule has 1 aromatic carbocycles. The van der Waals surface area contributed by atoms with Crippen molar-refractivity contribution in [1.82, 2.24) is 14.9 Å². The number of halogens is 2. The van der Waals surface area contributed by atoms with Crippen LogP contribution in [0.2, 0.25) is 0 Å². The van der Waals surface area contributed by atoms with Gasteiger partial charge in [-0.1, -0.05) is 6.07 Å². The number of hydrogen-bond acceptors (Lipinski definition) is 4. The van der Waals surface area contributed by atoms with Gasteiger partial charge in [0.25, 0.3) is 0 Å². The van der Waals surface area contributed by atoms with Gasteiger partial charge in [-0.2, -0.15) is 0 Å². The van der Waals surface area contributed by atoms with Crippen molar-refractivity contribution >= 4 is 11.9 Å². The highest BCUT2D eigenvalue weighted by Gasteiger charge is 2.31. The molecular formula is C19H22F2N4O. The molecule has 138 valence electrons. The summed E-state index contributed by atoms with van der Waals surface area (Å²) in [7, 11) is 1.70. The maximum Gasteiger partial charge on any atom is 0.227 e. The van der Waals surface area contributed by atoms with Crippen LogP contribution < -0.4 is 4.90 Å². The van der Waals surface area contributed by atoms with E-state index >= 15 is 0 Å². The van der Waals surface area contributed by atoms with Crippen molar-refractivity contribution in [3.05, 3.63) is 53.9 Å². The minimum atomic E-state index is -0.903. The zero-order chi connectivity index (χ0) is 18.7. The van der Waals surface area contributed by atoms with E-state index in [9.17, 15) is 13.6 Å². The molecule has 1 fully saturated rings. The summed E-state index contributed by atoms with van der Waals surface area (Å²) in [5.74, 6) is -1.35. The highest BCUT2D eigenvalue weighted by molar-refractivity contribution is 5.80. The minimum Gasteiger partial charge on any atom is -0.340 e. The van der Waals surface area contributed by atoms with Gasteiger partial charge in [-0.15, -0.1) is 0 Å². The van der Waals surface area contributed by atoms with Gasteiger partial charge in [0, 0.05) is 32.5 Å². The van der Waals surface area contributed by atoms with Crippen molar-refractivity contribution in [3.63, 3.8) is 0 Å². The first-order chi connectivity index (χ1) is 12.5. The number of carbonyl (C=O) groups excluding carboxylic acids is 1. The average Bonchev–Trinajstić information content (AvgIpc) is 2.69. The average molecular weight is 360 g/mol. The molecule has 0 spiro atoms. The van der Waals surface area contributed by atoms with Gasteiger partial charge in [-0.3, -0.25) is 4.79 Å². The van der Waals surface area contributed by atoms with Crippen molar-refractivity contribution in [3.8, 4) is 0 Å². The van der Waals surface area contributed by atoms with Crippen LogP contribution >= 0.6 is 0 Å². The fourth-order valence-electron chi connectivity index (χ4n) is 3.29. The molecule has 1 amide bonds. The van der Waals surface area contributed by atoms with Crippen LogP contribution in [0.3, 0.4) is 0 Å². The number of nitrogens with zero attached hydrogens (tertiary/aromatic N) is 4. The Morgan fingerprint density at radius 3 is 2.69 bits per heavy atom. The summed E-state index contributed by atoms with van der Waals surface area (Å²) < 4.78 is 26.6. The molecule has 2 atom stereocenters. The number of amides is 1. The second-order valence-electron chi connectivity index (χ2n) is 6.63. The number of carbonyl (C=O) groups is 1. The number of piperidine rings is 1. The fraction of sp³-hybridized carbons (Fsp3) is 0.421. The molecule has 3 rings (SSSR count). The molecule has 2 aromatic rings. The Bertz CT molecular complexity index is 771. The first kappa shape index (κ1) is 18.2. The van der Waals surface area contributed by atoms with Crippen molar-refractivity contribution in [2.45, 2.75) is 25.8 Å². The van der Waals surface area contributed by atoms with Crippen LogP contribution in [0.5, 0.6) is 0 Å². The molecule has 0 bridgehead atoms. The highest BCUT2D eigenvalue weighted by Crippen LogP contribution is 2.26. The third-order valence-corrected chi connectivity index (χ3v) is 4.96. The molecule has 0 N–H and O–H groups in total. The van der Waals surface area contributed by atoms with E-state index in [1.54, 1.807) is 30.4 Å². The summed E-state index contributed by atoms with van der Waals surface area (Å²) in [6.45, 7) is 3.18. The third-order valence-electron chi connectivity index (χ3n) is 4.96. The first-order valence-electron chi connectivity index (χ1n) is 8.71. The Morgan fingerprint density at radius 2 is 2.00 bits per heavy atom. The molecule has 1 aliphatic heterocycles. The summed E-state index contributed by atoms with van der Waals surface area (Å²) in [6.07, 6.45) is 5.04. The number of aromatic nitrogens is 2. The quantitative estimate of drug-likeness (QED) is 0.840. The lowest BCUT2D eigenvalue weighted by molar-refractivity contribution is -0.136. The molecule has 2 unspecified atom stereocenters. The summed E-state index contributed by atoms with van der Waals surface area (Å²) in [5.41, 5.74) is 0.568. The zero-order valence-electron chi connectivity index (χ0n) is 14.9. The molecule has 1 aliphatic rings. The first-order valence-corrected chi connectivity index (χ1v) is 8.71. The van der Waals surface area contributed by atoms with Crippen LogP contribution in [0.1, 0.15) is 31.4 Å². The van der Waals surface area contributed by atoms with E-state index in [-0.39, 0.29) is 17.9 Å². The standard InChI is InChI=1S/C19H22F2N4O/c1-13(14-6-7-16(20)17(21)11-14)24(2)18(26)15-5-3-10-25(12-15)19-22-8-4-9-23-19/h4,6-9,11,13,15H,3,5,10,12H2,1-2H3. The topological polar surface area (TPSA) is 49.3 Å². The van der Waals surface area contributed by atoms with Crippen LogP contribution in [0.4, 0.5) is 14.7 Å². The van der Waals surface area contributed by atoms with Crippen molar-refractivity contribution in [2.24, 2.45) is 5.92 Å². The lowest BCUT2D eigenvalue weighted by atomic mass is 9.95. The maximum absolute atomic E-state index is 13.5. The Balaban J connectivity index is 1.70. The third kappa shape index (κ3) is 3.81. The van der Waals surface area contributed by atoms with Gasteiger partial charge in [0.15, 0.2) is 11.6 Å². The lowest BCUT2D eigenvalue weighted by Crippen LogP contribution is -2.44. The van der Waals surface area contributed by atoms with Gasteiger partial charge in [0.1, 0.15) is 0 Å². The predicted octanol–water partition coefficient (Wildman–Crippen LogP) is 3.19. The normalized spacial score (nSPS) is 18.5. The molecule has 0 saturated carbocycles. The van der Waals surface area contributed by atoms with Gasteiger partial charge < -0.3 is 9.80 Å². The lowest BCUT2D eigenvalue weighted by Gasteiger charge is -2.35. The molecule has 1 aromatic heterocycles. The molecule has 7 heteroatoms. The number of anilines is 1. The van der Waals surface area contributed by atoms with Gasteiger partial charge in [-0.25, -0.2) is 18.7 Å². The fourth-order valence-corrected chi connectivity index (χ4v) is 3.29. The smallest absolute Gasteiger partial charge is 0.227 e. The Labute approximate surface area is 151 Å². The van der Waals surface area contributed by atoms with Crippen LogP contribution in [-0.2, 0) is 4.79 Å². The molecule has 0 radical (unpaired) electrons. The second-order valence-corrected chi connectivity index (χ2v) is 6.63. The van der Waals surface area contributed by atoms with Gasteiger partial charge in [0.2, 0.25) is 11.9 Å².